The summed E-state index contributed by atoms with van der Waals surface area (Å²) in [6.45, 7) is 0. The van der Waals surface area contributed by atoms with Crippen molar-refractivity contribution in [2.24, 2.45) is 0 Å². The lowest BCUT2D eigenvalue weighted by molar-refractivity contribution is -0.121. The van der Waals surface area contributed by atoms with Gasteiger partial charge in [-0.3, -0.25) is 4.79 Å². The Balaban J connectivity index is 1.77. The minimum atomic E-state index is -0.548. The van der Waals surface area contributed by atoms with Crippen LogP contribution in [0.4, 0.5) is 5.69 Å². The molecule has 1 aliphatic heterocycles. The van der Waals surface area contributed by atoms with Crippen LogP contribution in [-0.4, -0.2) is 17.9 Å². The predicted octanol–water partition coefficient (Wildman–Crippen LogP) is 4.02. The van der Waals surface area contributed by atoms with E-state index in [9.17, 15) is 4.79 Å². The number of carbonyl (C=O) groups excluding carboxylic acids is 1. The molecule has 28 heavy (non-hydrogen) atoms. The van der Waals surface area contributed by atoms with Gasteiger partial charge in [0.15, 0.2) is 6.04 Å². The van der Waals surface area contributed by atoms with Gasteiger partial charge in [-0.25, -0.2) is 4.90 Å². The van der Waals surface area contributed by atoms with Crippen LogP contribution >= 0.6 is 0 Å². The summed E-state index contributed by atoms with van der Waals surface area (Å²) in [6.07, 6.45) is 0. The first-order valence-corrected chi connectivity index (χ1v) is 9.03. The molecule has 0 N–H and O–H groups in total. The van der Waals surface area contributed by atoms with E-state index in [4.69, 9.17) is 0 Å². The molecular weight excluding hydrogens is 344 g/mol. The molecule has 3 aromatic carbocycles. The molecule has 0 aliphatic carbocycles. The van der Waals surface area contributed by atoms with Crippen LogP contribution in [0.3, 0.4) is 0 Å². The van der Waals surface area contributed by atoms with Crippen LogP contribution in [0.1, 0.15) is 22.7 Å². The molecular formula is C25H18N2O. The lowest BCUT2D eigenvalue weighted by Gasteiger charge is -2.17. The first kappa shape index (κ1) is 17.5. The van der Waals surface area contributed by atoms with Gasteiger partial charge in [-0.2, -0.15) is 0 Å². The summed E-state index contributed by atoms with van der Waals surface area (Å²) in [6, 6.07) is 32.8. The number of para-hydroxylation sites is 1. The molecule has 0 spiro atoms. The molecule has 1 heterocycles. The van der Waals surface area contributed by atoms with E-state index in [1.807, 2.05) is 84.9 Å². The van der Waals surface area contributed by atoms with Gasteiger partial charge in [-0.05, 0) is 42.2 Å². The zero-order valence-electron chi connectivity index (χ0n) is 15.5. The summed E-state index contributed by atoms with van der Waals surface area (Å²) in [5.74, 6) is 6.22. The lowest BCUT2D eigenvalue weighted by atomic mass is 10.1. The van der Waals surface area contributed by atoms with Gasteiger partial charge in [0.25, 0.3) is 5.91 Å². The Hall–Kier alpha value is -3.95. The Morgan fingerprint density at radius 1 is 0.750 bits per heavy atom. The summed E-state index contributed by atoms with van der Waals surface area (Å²) >= 11 is 0. The molecule has 3 aromatic rings. The van der Waals surface area contributed by atoms with Crippen LogP contribution in [-0.2, 0) is 4.79 Å². The standard InChI is InChI=1S/C25H18N2O/c1-26-23-15-9-8-14-22(23)24(25(26)28)27(18-16-20-10-4-2-5-11-20)19-17-21-12-6-3-7-13-21/h2-15,24H,1H3. The molecule has 1 atom stereocenters. The summed E-state index contributed by atoms with van der Waals surface area (Å²) < 4.78 is 0. The Kier molecular flexibility index (Phi) is 4.83. The molecule has 3 nitrogen and oxygen atoms in total. The van der Waals surface area contributed by atoms with Crippen molar-refractivity contribution >= 4 is 11.6 Å². The Bertz CT molecular complexity index is 1060. The third-order valence-electron chi connectivity index (χ3n) is 4.60. The molecule has 0 bridgehead atoms. The third kappa shape index (κ3) is 3.47. The van der Waals surface area contributed by atoms with Gasteiger partial charge >= 0.3 is 0 Å². The third-order valence-corrected chi connectivity index (χ3v) is 4.60. The molecule has 0 fully saturated rings. The molecule has 1 amide bonds. The van der Waals surface area contributed by atoms with Gasteiger partial charge in [-0.15, -0.1) is 0 Å². The number of anilines is 1. The van der Waals surface area contributed by atoms with Gasteiger partial charge in [0, 0.05) is 41.5 Å². The zero-order chi connectivity index (χ0) is 19.3. The number of hydrogen-bond acceptors (Lipinski definition) is 2. The van der Waals surface area contributed by atoms with Crippen LogP contribution in [0.5, 0.6) is 0 Å². The maximum Gasteiger partial charge on any atom is 0.256 e. The molecule has 1 unspecified atom stereocenters. The summed E-state index contributed by atoms with van der Waals surface area (Å²) in [5.41, 5.74) is 3.56. The van der Waals surface area contributed by atoms with Crippen molar-refractivity contribution in [2.45, 2.75) is 6.04 Å². The molecule has 4 rings (SSSR count). The molecule has 0 saturated carbocycles. The first-order chi connectivity index (χ1) is 13.7. The van der Waals surface area contributed by atoms with Crippen molar-refractivity contribution in [3.8, 4) is 23.9 Å². The number of benzene rings is 3. The van der Waals surface area contributed by atoms with E-state index >= 15 is 0 Å². The Morgan fingerprint density at radius 3 is 1.82 bits per heavy atom. The number of amides is 1. The van der Waals surface area contributed by atoms with Crippen LogP contribution in [0.25, 0.3) is 0 Å². The molecule has 134 valence electrons. The van der Waals surface area contributed by atoms with Crippen molar-refractivity contribution in [1.29, 1.82) is 0 Å². The average Bonchev–Trinajstić information content (AvgIpc) is 3.00. The number of hydrogen-bond donors (Lipinski definition) is 0. The quantitative estimate of drug-likeness (QED) is 0.482. The van der Waals surface area contributed by atoms with Crippen LogP contribution in [0, 0.1) is 23.9 Å². The summed E-state index contributed by atoms with van der Waals surface area (Å²) in [5, 5.41) is 0. The minimum Gasteiger partial charge on any atom is -0.313 e. The number of fused-ring (bicyclic) bond motifs is 1. The van der Waals surface area contributed by atoms with Gasteiger partial charge in [0.2, 0.25) is 0 Å². The van der Waals surface area contributed by atoms with E-state index in [0.717, 1.165) is 22.4 Å². The topological polar surface area (TPSA) is 23.6 Å². The summed E-state index contributed by atoms with van der Waals surface area (Å²) in [7, 11) is 1.79. The fraction of sp³-hybridized carbons (Fsp3) is 0.0800. The van der Waals surface area contributed by atoms with E-state index in [-0.39, 0.29) is 5.91 Å². The largest absolute Gasteiger partial charge is 0.313 e. The van der Waals surface area contributed by atoms with Gasteiger partial charge in [0.05, 0.1) is 0 Å². The first-order valence-electron chi connectivity index (χ1n) is 9.03. The number of carbonyl (C=O) groups is 1. The van der Waals surface area contributed by atoms with Gasteiger partial charge in [-0.1, -0.05) is 54.6 Å². The maximum atomic E-state index is 13.0. The number of rotatable bonds is 1. The van der Waals surface area contributed by atoms with E-state index in [0.29, 0.717) is 0 Å². The van der Waals surface area contributed by atoms with Crippen molar-refractivity contribution in [3.63, 3.8) is 0 Å². The van der Waals surface area contributed by atoms with Crippen LogP contribution < -0.4 is 4.90 Å². The molecule has 0 radical (unpaired) electrons. The van der Waals surface area contributed by atoms with E-state index in [1.165, 1.54) is 0 Å². The highest BCUT2D eigenvalue weighted by Gasteiger charge is 2.38. The smallest absolute Gasteiger partial charge is 0.256 e. The normalized spacial score (nSPS) is 14.4. The highest BCUT2D eigenvalue weighted by Crippen LogP contribution is 2.37. The minimum absolute atomic E-state index is 0.0362. The second-order valence-electron chi connectivity index (χ2n) is 6.43. The number of likely N-dealkylation sites (N-methyl/N-ethyl adjacent to an activating group) is 1. The SMILES string of the molecule is CN1C(=O)C(N(C#Cc2ccccc2)C#Cc2ccccc2)c2ccccc21. The van der Waals surface area contributed by atoms with E-state index in [1.54, 1.807) is 16.8 Å². The maximum absolute atomic E-state index is 13.0. The second-order valence-corrected chi connectivity index (χ2v) is 6.43. The zero-order valence-corrected chi connectivity index (χ0v) is 15.5. The van der Waals surface area contributed by atoms with Gasteiger partial charge < -0.3 is 4.90 Å². The predicted molar refractivity (Wildman–Crippen MR) is 111 cm³/mol. The second kappa shape index (κ2) is 7.74. The lowest BCUT2D eigenvalue weighted by Crippen LogP contribution is -2.31. The van der Waals surface area contributed by atoms with Gasteiger partial charge in [0.1, 0.15) is 0 Å². The fourth-order valence-electron chi connectivity index (χ4n) is 3.16. The molecule has 1 aliphatic rings. The molecule has 0 aromatic heterocycles. The molecule has 0 saturated heterocycles. The average molecular weight is 362 g/mol. The fourth-order valence-corrected chi connectivity index (χ4v) is 3.16. The van der Waals surface area contributed by atoms with Crippen LogP contribution in [0.15, 0.2) is 84.9 Å². The van der Waals surface area contributed by atoms with Crippen molar-refractivity contribution in [3.05, 3.63) is 102 Å². The molecule has 3 heteroatoms. The van der Waals surface area contributed by atoms with E-state index in [2.05, 4.69) is 23.9 Å². The van der Waals surface area contributed by atoms with Crippen molar-refractivity contribution < 1.29 is 4.79 Å². The van der Waals surface area contributed by atoms with Crippen LogP contribution in [0.2, 0.25) is 0 Å². The number of nitrogens with zero attached hydrogens (tertiary/aromatic N) is 2. The van der Waals surface area contributed by atoms with Crippen molar-refractivity contribution in [1.82, 2.24) is 4.90 Å². The highest BCUT2D eigenvalue weighted by molar-refractivity contribution is 6.04. The Labute approximate surface area is 165 Å². The highest BCUT2D eigenvalue weighted by atomic mass is 16.2. The van der Waals surface area contributed by atoms with Crippen molar-refractivity contribution in [2.75, 3.05) is 11.9 Å². The Morgan fingerprint density at radius 2 is 1.25 bits per heavy atom. The monoisotopic (exact) mass is 362 g/mol. The summed E-state index contributed by atoms with van der Waals surface area (Å²) in [4.78, 5) is 16.3. The van der Waals surface area contributed by atoms with E-state index < -0.39 is 6.04 Å².